The van der Waals surface area contributed by atoms with E-state index in [0.29, 0.717) is 5.13 Å². The van der Waals surface area contributed by atoms with Crippen LogP contribution in [0.15, 0.2) is 41.8 Å². The van der Waals surface area contributed by atoms with Crippen molar-refractivity contribution in [3.05, 3.63) is 57.1 Å². The van der Waals surface area contributed by atoms with Gasteiger partial charge in [0.1, 0.15) is 0 Å². The van der Waals surface area contributed by atoms with Gasteiger partial charge in [-0.25, -0.2) is 4.98 Å². The number of anilines is 1. The summed E-state index contributed by atoms with van der Waals surface area (Å²) in [5.41, 5.74) is 3.31. The van der Waals surface area contributed by atoms with E-state index < -0.39 is 0 Å². The largest absolute Gasteiger partial charge is 0.297 e. The zero-order chi connectivity index (χ0) is 14.9. The molecule has 3 nitrogen and oxygen atoms in total. The number of carbonyl (C=O) groups is 1. The Kier molecular flexibility index (Phi) is 3.52. The Morgan fingerprint density at radius 3 is 2.86 bits per heavy atom. The molecule has 0 radical (unpaired) electrons. The summed E-state index contributed by atoms with van der Waals surface area (Å²) in [6, 6.07) is 12.0. The van der Waals surface area contributed by atoms with Gasteiger partial charge in [0.15, 0.2) is 5.13 Å². The number of hydrogen-bond donors (Lipinski definition) is 1. The van der Waals surface area contributed by atoms with Crippen molar-refractivity contribution in [2.75, 3.05) is 5.32 Å². The van der Waals surface area contributed by atoms with Crippen molar-refractivity contribution in [3.63, 3.8) is 0 Å². The van der Waals surface area contributed by atoms with E-state index in [1.807, 2.05) is 41.8 Å². The zero-order valence-electron chi connectivity index (χ0n) is 11.8. The van der Waals surface area contributed by atoms with E-state index in [4.69, 9.17) is 0 Å². The number of rotatable bonds is 3. The third kappa shape index (κ3) is 2.58. The standard InChI is InChI=1S/C17H14N2OS2/c20-16(15-9-12-7-4-8-14(12)22-15)19-17-18-13(10-21-17)11-5-2-1-3-6-11/h1-3,5-6,9-10H,4,7-8H2,(H,18,19,20). The van der Waals surface area contributed by atoms with Crippen molar-refractivity contribution in [2.45, 2.75) is 19.3 Å². The number of nitrogens with one attached hydrogen (secondary N) is 1. The Bertz CT molecular complexity index is 799. The first-order chi connectivity index (χ1) is 10.8. The van der Waals surface area contributed by atoms with Crippen LogP contribution in [0.5, 0.6) is 0 Å². The van der Waals surface area contributed by atoms with Crippen LogP contribution in [0.2, 0.25) is 0 Å². The molecule has 1 aliphatic rings. The fourth-order valence-electron chi connectivity index (χ4n) is 2.67. The minimum Gasteiger partial charge on any atom is -0.297 e. The van der Waals surface area contributed by atoms with E-state index in [1.165, 1.54) is 28.2 Å². The first-order valence-electron chi connectivity index (χ1n) is 7.23. The van der Waals surface area contributed by atoms with Gasteiger partial charge in [-0.1, -0.05) is 30.3 Å². The van der Waals surface area contributed by atoms with E-state index >= 15 is 0 Å². The maximum atomic E-state index is 12.3. The van der Waals surface area contributed by atoms with Gasteiger partial charge in [0.05, 0.1) is 10.6 Å². The first-order valence-corrected chi connectivity index (χ1v) is 8.93. The molecule has 110 valence electrons. The first kappa shape index (κ1) is 13.7. The van der Waals surface area contributed by atoms with Crippen LogP contribution in [0.3, 0.4) is 0 Å². The van der Waals surface area contributed by atoms with Gasteiger partial charge in [-0.3, -0.25) is 10.1 Å². The van der Waals surface area contributed by atoms with Crippen molar-refractivity contribution >= 4 is 33.7 Å². The SMILES string of the molecule is O=C(Nc1nc(-c2ccccc2)cs1)c1cc2c(s1)CCC2. The van der Waals surface area contributed by atoms with Crippen molar-refractivity contribution < 1.29 is 4.79 Å². The molecule has 3 aromatic rings. The Balaban J connectivity index is 1.51. The molecule has 0 fully saturated rings. The zero-order valence-corrected chi connectivity index (χ0v) is 13.5. The lowest BCUT2D eigenvalue weighted by atomic mass is 10.2. The Hall–Kier alpha value is -1.98. The molecule has 0 bridgehead atoms. The molecule has 1 N–H and O–H groups in total. The molecule has 2 aromatic heterocycles. The van der Waals surface area contributed by atoms with E-state index in [-0.39, 0.29) is 5.91 Å². The summed E-state index contributed by atoms with van der Waals surface area (Å²) in [4.78, 5) is 19.0. The van der Waals surface area contributed by atoms with Crippen molar-refractivity contribution in [2.24, 2.45) is 0 Å². The predicted molar refractivity (Wildman–Crippen MR) is 91.8 cm³/mol. The second kappa shape index (κ2) is 5.66. The molecule has 1 amide bonds. The van der Waals surface area contributed by atoms with Gasteiger partial charge >= 0.3 is 0 Å². The van der Waals surface area contributed by atoms with Crippen LogP contribution in [0, 0.1) is 0 Å². The summed E-state index contributed by atoms with van der Waals surface area (Å²) < 4.78 is 0. The Morgan fingerprint density at radius 2 is 2.05 bits per heavy atom. The number of nitrogens with zero attached hydrogens (tertiary/aromatic N) is 1. The molecule has 0 atom stereocenters. The lowest BCUT2D eigenvalue weighted by Crippen LogP contribution is -2.09. The second-order valence-electron chi connectivity index (χ2n) is 5.27. The van der Waals surface area contributed by atoms with Gasteiger partial charge < -0.3 is 0 Å². The van der Waals surface area contributed by atoms with Crippen molar-refractivity contribution in [3.8, 4) is 11.3 Å². The molecule has 0 saturated carbocycles. The van der Waals surface area contributed by atoms with E-state index in [0.717, 1.165) is 29.0 Å². The highest BCUT2D eigenvalue weighted by Gasteiger charge is 2.19. The molecule has 22 heavy (non-hydrogen) atoms. The van der Waals surface area contributed by atoms with Crippen LogP contribution >= 0.6 is 22.7 Å². The number of amides is 1. The number of fused-ring (bicyclic) bond motifs is 1. The Morgan fingerprint density at radius 1 is 1.18 bits per heavy atom. The fourth-order valence-corrected chi connectivity index (χ4v) is 4.54. The van der Waals surface area contributed by atoms with Crippen LogP contribution in [-0.4, -0.2) is 10.9 Å². The number of thiazole rings is 1. The molecular weight excluding hydrogens is 312 g/mol. The molecule has 0 unspecified atom stereocenters. The van der Waals surface area contributed by atoms with Crippen molar-refractivity contribution in [1.82, 2.24) is 4.98 Å². The second-order valence-corrected chi connectivity index (χ2v) is 7.27. The molecule has 2 heterocycles. The van der Waals surface area contributed by atoms with E-state index in [2.05, 4.69) is 10.3 Å². The van der Waals surface area contributed by atoms with Gasteiger partial charge in [0, 0.05) is 15.8 Å². The van der Waals surface area contributed by atoms with Crippen LogP contribution in [0.4, 0.5) is 5.13 Å². The molecule has 0 spiro atoms. The number of benzene rings is 1. The van der Waals surface area contributed by atoms with Gasteiger partial charge in [-0.05, 0) is 30.9 Å². The molecule has 0 saturated heterocycles. The smallest absolute Gasteiger partial charge is 0.267 e. The molecule has 1 aromatic carbocycles. The quantitative estimate of drug-likeness (QED) is 0.763. The summed E-state index contributed by atoms with van der Waals surface area (Å²) in [5.74, 6) is -0.0478. The third-order valence-corrected chi connectivity index (χ3v) is 5.76. The number of aryl methyl sites for hydroxylation is 2. The summed E-state index contributed by atoms with van der Waals surface area (Å²) in [5, 5.41) is 5.54. The van der Waals surface area contributed by atoms with E-state index in [9.17, 15) is 4.79 Å². The average Bonchev–Trinajstić information content (AvgIpc) is 3.23. The summed E-state index contributed by atoms with van der Waals surface area (Å²) >= 11 is 3.08. The highest BCUT2D eigenvalue weighted by molar-refractivity contribution is 7.15. The topological polar surface area (TPSA) is 42.0 Å². The van der Waals surface area contributed by atoms with Gasteiger partial charge in [-0.15, -0.1) is 22.7 Å². The predicted octanol–water partition coefficient (Wildman–Crippen LogP) is 4.61. The number of thiophene rings is 1. The summed E-state index contributed by atoms with van der Waals surface area (Å²) in [6.07, 6.45) is 3.44. The molecule has 0 aliphatic heterocycles. The highest BCUT2D eigenvalue weighted by Crippen LogP contribution is 2.31. The van der Waals surface area contributed by atoms with Gasteiger partial charge in [0.25, 0.3) is 5.91 Å². The lowest BCUT2D eigenvalue weighted by Gasteiger charge is -1.99. The molecule has 1 aliphatic carbocycles. The minimum absolute atomic E-state index is 0.0478. The number of aromatic nitrogens is 1. The maximum absolute atomic E-state index is 12.3. The third-order valence-electron chi connectivity index (χ3n) is 3.76. The lowest BCUT2D eigenvalue weighted by molar-refractivity contribution is 0.103. The highest BCUT2D eigenvalue weighted by atomic mass is 32.1. The average molecular weight is 326 g/mol. The fraction of sp³-hybridized carbons (Fsp3) is 0.176. The van der Waals surface area contributed by atoms with E-state index in [1.54, 1.807) is 11.3 Å². The molecule has 5 heteroatoms. The van der Waals surface area contributed by atoms with Crippen LogP contribution in [-0.2, 0) is 12.8 Å². The van der Waals surface area contributed by atoms with Crippen molar-refractivity contribution in [1.29, 1.82) is 0 Å². The van der Waals surface area contributed by atoms with Gasteiger partial charge in [-0.2, -0.15) is 0 Å². The van der Waals surface area contributed by atoms with Crippen LogP contribution in [0.25, 0.3) is 11.3 Å². The van der Waals surface area contributed by atoms with Gasteiger partial charge in [0.2, 0.25) is 0 Å². The summed E-state index contributed by atoms with van der Waals surface area (Å²) in [6.45, 7) is 0. The number of hydrogen-bond acceptors (Lipinski definition) is 4. The minimum atomic E-state index is -0.0478. The maximum Gasteiger partial charge on any atom is 0.267 e. The summed E-state index contributed by atoms with van der Waals surface area (Å²) in [7, 11) is 0. The Labute approximate surface area is 136 Å². The number of carbonyl (C=O) groups excluding carboxylic acids is 1. The molecule has 4 rings (SSSR count). The normalized spacial score (nSPS) is 13.1. The monoisotopic (exact) mass is 326 g/mol. The van der Waals surface area contributed by atoms with Crippen LogP contribution in [0.1, 0.15) is 26.5 Å². The van der Waals surface area contributed by atoms with Crippen LogP contribution < -0.4 is 5.32 Å². The molecular formula is C17H14N2OS2.